The summed E-state index contributed by atoms with van der Waals surface area (Å²) in [7, 11) is 0. The van der Waals surface area contributed by atoms with E-state index in [9.17, 15) is 0 Å². The first-order valence-electron chi connectivity index (χ1n) is 5.61. The minimum Gasteiger partial charge on any atom is -0.390 e. The second-order valence-electron chi connectivity index (χ2n) is 4.04. The van der Waals surface area contributed by atoms with E-state index in [1.165, 1.54) is 30.9 Å². The number of thiazole rings is 1. The standard InChI is InChI=1S/C11H18N2OS/c1-2-13-5-3-9(4-6-13)11-12-10(7-14)8-15-11/h8-9,14H,2-7H2,1H3. The van der Waals surface area contributed by atoms with Gasteiger partial charge in [-0.25, -0.2) is 4.98 Å². The van der Waals surface area contributed by atoms with Gasteiger partial charge < -0.3 is 10.0 Å². The number of hydrogen-bond donors (Lipinski definition) is 1. The largest absolute Gasteiger partial charge is 0.390 e. The van der Waals surface area contributed by atoms with E-state index in [0.717, 1.165) is 12.2 Å². The maximum absolute atomic E-state index is 8.97. The Balaban J connectivity index is 1.95. The second-order valence-corrected chi connectivity index (χ2v) is 4.93. The van der Waals surface area contributed by atoms with E-state index in [1.54, 1.807) is 11.3 Å². The first kappa shape index (κ1) is 11.0. The zero-order valence-corrected chi connectivity index (χ0v) is 9.96. The van der Waals surface area contributed by atoms with Crippen LogP contribution in [0.2, 0.25) is 0 Å². The Morgan fingerprint density at radius 3 is 2.80 bits per heavy atom. The van der Waals surface area contributed by atoms with Gasteiger partial charge in [0.1, 0.15) is 0 Å². The summed E-state index contributed by atoms with van der Waals surface area (Å²) in [5.74, 6) is 0.623. The maximum Gasteiger partial charge on any atom is 0.0961 e. The van der Waals surface area contributed by atoms with Crippen molar-refractivity contribution in [3.63, 3.8) is 0 Å². The lowest BCUT2D eigenvalue weighted by molar-refractivity contribution is 0.222. The Morgan fingerprint density at radius 1 is 1.53 bits per heavy atom. The predicted molar refractivity (Wildman–Crippen MR) is 62.1 cm³/mol. The van der Waals surface area contributed by atoms with Crippen molar-refractivity contribution in [2.24, 2.45) is 0 Å². The van der Waals surface area contributed by atoms with E-state index in [1.807, 2.05) is 5.38 Å². The Morgan fingerprint density at radius 2 is 2.27 bits per heavy atom. The molecule has 0 atom stereocenters. The summed E-state index contributed by atoms with van der Waals surface area (Å²) >= 11 is 1.70. The summed E-state index contributed by atoms with van der Waals surface area (Å²) in [5.41, 5.74) is 0.827. The highest BCUT2D eigenvalue weighted by molar-refractivity contribution is 7.09. The van der Waals surface area contributed by atoms with Crippen LogP contribution in [-0.2, 0) is 6.61 Å². The smallest absolute Gasteiger partial charge is 0.0961 e. The summed E-state index contributed by atoms with van der Waals surface area (Å²) < 4.78 is 0. The molecule has 3 nitrogen and oxygen atoms in total. The molecular weight excluding hydrogens is 208 g/mol. The van der Waals surface area contributed by atoms with Crippen molar-refractivity contribution in [3.05, 3.63) is 16.1 Å². The SMILES string of the molecule is CCN1CCC(c2nc(CO)cs2)CC1. The Labute approximate surface area is 94.8 Å². The first-order valence-corrected chi connectivity index (χ1v) is 6.49. The van der Waals surface area contributed by atoms with Crippen LogP contribution in [0.4, 0.5) is 0 Å². The predicted octanol–water partition coefficient (Wildman–Crippen LogP) is 1.83. The average Bonchev–Trinajstić information content (AvgIpc) is 2.78. The van der Waals surface area contributed by atoms with Crippen molar-refractivity contribution in [3.8, 4) is 0 Å². The van der Waals surface area contributed by atoms with Crippen LogP contribution >= 0.6 is 11.3 Å². The molecule has 1 aliphatic heterocycles. The van der Waals surface area contributed by atoms with Crippen LogP contribution < -0.4 is 0 Å². The highest BCUT2D eigenvalue weighted by Crippen LogP contribution is 2.30. The van der Waals surface area contributed by atoms with Gasteiger partial charge in [-0.2, -0.15) is 0 Å². The van der Waals surface area contributed by atoms with Crippen molar-refractivity contribution in [2.45, 2.75) is 32.3 Å². The molecule has 1 aromatic rings. The van der Waals surface area contributed by atoms with E-state index < -0.39 is 0 Å². The number of hydrogen-bond acceptors (Lipinski definition) is 4. The summed E-state index contributed by atoms with van der Waals surface area (Å²) in [6.07, 6.45) is 2.43. The quantitative estimate of drug-likeness (QED) is 0.854. The molecule has 0 aliphatic carbocycles. The van der Waals surface area contributed by atoms with Gasteiger partial charge in [-0.1, -0.05) is 6.92 Å². The topological polar surface area (TPSA) is 36.4 Å². The van der Waals surface area contributed by atoms with Gasteiger partial charge in [0, 0.05) is 11.3 Å². The van der Waals surface area contributed by atoms with Crippen LogP contribution in [-0.4, -0.2) is 34.6 Å². The molecule has 0 radical (unpaired) electrons. The lowest BCUT2D eigenvalue weighted by Gasteiger charge is -2.29. The Kier molecular flexibility index (Phi) is 3.72. The van der Waals surface area contributed by atoms with Gasteiger partial charge in [-0.05, 0) is 32.5 Å². The number of aliphatic hydroxyl groups is 1. The normalized spacial score (nSPS) is 19.6. The molecule has 15 heavy (non-hydrogen) atoms. The third-order valence-corrected chi connectivity index (χ3v) is 4.17. The zero-order chi connectivity index (χ0) is 10.7. The van der Waals surface area contributed by atoms with Crippen LogP contribution in [0.1, 0.15) is 36.4 Å². The maximum atomic E-state index is 8.97. The number of aliphatic hydroxyl groups excluding tert-OH is 1. The van der Waals surface area contributed by atoms with Gasteiger partial charge >= 0.3 is 0 Å². The Bertz CT molecular complexity index is 305. The number of nitrogens with zero attached hydrogens (tertiary/aromatic N) is 2. The first-order chi connectivity index (χ1) is 7.33. The number of rotatable bonds is 3. The number of likely N-dealkylation sites (tertiary alicyclic amines) is 1. The molecule has 1 fully saturated rings. The molecule has 0 amide bonds. The molecule has 1 aliphatic rings. The van der Waals surface area contributed by atoms with E-state index in [4.69, 9.17) is 5.11 Å². The zero-order valence-electron chi connectivity index (χ0n) is 9.15. The van der Waals surface area contributed by atoms with E-state index >= 15 is 0 Å². The van der Waals surface area contributed by atoms with E-state index in [0.29, 0.717) is 5.92 Å². The highest BCUT2D eigenvalue weighted by atomic mass is 32.1. The van der Waals surface area contributed by atoms with Crippen molar-refractivity contribution in [1.82, 2.24) is 9.88 Å². The fraction of sp³-hybridized carbons (Fsp3) is 0.727. The molecular formula is C11H18N2OS. The summed E-state index contributed by atoms with van der Waals surface area (Å²) in [5, 5.41) is 12.2. The summed E-state index contributed by atoms with van der Waals surface area (Å²) in [6, 6.07) is 0. The second kappa shape index (κ2) is 5.05. The third-order valence-electron chi connectivity index (χ3n) is 3.12. The van der Waals surface area contributed by atoms with E-state index in [2.05, 4.69) is 16.8 Å². The summed E-state index contributed by atoms with van der Waals surface area (Å²) in [6.45, 7) is 5.83. The minimum absolute atomic E-state index is 0.0737. The molecule has 0 saturated carbocycles. The minimum atomic E-state index is 0.0737. The van der Waals surface area contributed by atoms with Crippen molar-refractivity contribution >= 4 is 11.3 Å². The van der Waals surface area contributed by atoms with Gasteiger partial charge in [-0.3, -0.25) is 0 Å². The molecule has 4 heteroatoms. The van der Waals surface area contributed by atoms with Crippen molar-refractivity contribution < 1.29 is 5.11 Å². The monoisotopic (exact) mass is 226 g/mol. The molecule has 84 valence electrons. The van der Waals surface area contributed by atoms with Crippen molar-refractivity contribution in [1.29, 1.82) is 0 Å². The summed E-state index contributed by atoms with van der Waals surface area (Å²) in [4.78, 5) is 6.94. The van der Waals surface area contributed by atoms with Gasteiger partial charge in [0.2, 0.25) is 0 Å². The van der Waals surface area contributed by atoms with Crippen LogP contribution in [0.3, 0.4) is 0 Å². The van der Waals surface area contributed by atoms with Crippen LogP contribution in [0.25, 0.3) is 0 Å². The molecule has 1 N–H and O–H groups in total. The fourth-order valence-electron chi connectivity index (χ4n) is 2.08. The molecule has 0 unspecified atom stereocenters. The lowest BCUT2D eigenvalue weighted by atomic mass is 9.98. The van der Waals surface area contributed by atoms with Crippen molar-refractivity contribution in [2.75, 3.05) is 19.6 Å². The molecule has 2 heterocycles. The van der Waals surface area contributed by atoms with Gasteiger partial charge in [0.15, 0.2) is 0 Å². The van der Waals surface area contributed by atoms with Crippen LogP contribution in [0, 0.1) is 0 Å². The van der Waals surface area contributed by atoms with E-state index in [-0.39, 0.29) is 6.61 Å². The Hall–Kier alpha value is -0.450. The van der Waals surface area contributed by atoms with Crippen LogP contribution in [0.15, 0.2) is 5.38 Å². The molecule has 1 saturated heterocycles. The number of piperidine rings is 1. The molecule has 2 rings (SSSR count). The van der Waals surface area contributed by atoms with Gasteiger partial charge in [-0.15, -0.1) is 11.3 Å². The van der Waals surface area contributed by atoms with Crippen LogP contribution in [0.5, 0.6) is 0 Å². The molecule has 1 aromatic heterocycles. The molecule has 0 bridgehead atoms. The lowest BCUT2D eigenvalue weighted by Crippen LogP contribution is -2.32. The van der Waals surface area contributed by atoms with Gasteiger partial charge in [0.05, 0.1) is 17.3 Å². The molecule has 0 aromatic carbocycles. The average molecular weight is 226 g/mol. The fourth-order valence-corrected chi connectivity index (χ4v) is 3.06. The highest BCUT2D eigenvalue weighted by Gasteiger charge is 2.21. The molecule has 0 spiro atoms. The van der Waals surface area contributed by atoms with Gasteiger partial charge in [0.25, 0.3) is 0 Å². The number of aromatic nitrogens is 1. The third kappa shape index (κ3) is 2.56.